The van der Waals surface area contributed by atoms with Crippen LogP contribution in [-0.2, 0) is 6.54 Å². The first-order valence-corrected chi connectivity index (χ1v) is 12.5. The van der Waals surface area contributed by atoms with E-state index in [0.717, 1.165) is 36.9 Å². The Morgan fingerprint density at radius 1 is 0.771 bits per heavy atom. The first kappa shape index (κ1) is 25.1. The Bertz CT molecular complexity index is 1210. The topological polar surface area (TPSA) is 49.9 Å². The molecule has 4 rings (SSSR count). The minimum absolute atomic E-state index is 0.0852. The van der Waals surface area contributed by atoms with Crippen molar-refractivity contribution in [3.05, 3.63) is 93.5 Å². The SMILES string of the molecule is COc1cccc(C(=O)N2CCCCCCN(C(=O)c3ccc(Cl)c(Cl)c3)Cc3ccccc32)c1. The van der Waals surface area contributed by atoms with Gasteiger partial charge in [0.05, 0.1) is 17.2 Å². The summed E-state index contributed by atoms with van der Waals surface area (Å²) in [4.78, 5) is 30.8. The number of amides is 2. The fraction of sp³-hybridized carbons (Fsp3) is 0.286. The minimum atomic E-state index is -0.108. The van der Waals surface area contributed by atoms with Crippen LogP contribution in [0.2, 0.25) is 10.0 Å². The van der Waals surface area contributed by atoms with Gasteiger partial charge in [0.2, 0.25) is 0 Å². The number of anilines is 1. The number of hydrogen-bond donors (Lipinski definition) is 0. The second kappa shape index (κ2) is 11.6. The van der Waals surface area contributed by atoms with Gasteiger partial charge in [-0.05, 0) is 60.9 Å². The standard InChI is InChI=1S/C28H28Cl2N2O3/c1-35-23-11-8-10-20(17-23)28(34)32-16-7-3-2-6-15-31(19-22-9-4-5-12-26(22)32)27(33)21-13-14-24(29)25(30)18-21/h4-5,8-14,17-18H,2-3,6-7,15-16,19H2,1H3. The molecule has 5 nitrogen and oxygen atoms in total. The second-order valence-corrected chi connectivity index (χ2v) is 9.40. The third-order valence-electron chi connectivity index (χ3n) is 6.22. The van der Waals surface area contributed by atoms with Gasteiger partial charge < -0.3 is 14.5 Å². The lowest BCUT2D eigenvalue weighted by Crippen LogP contribution is -2.35. The van der Waals surface area contributed by atoms with E-state index in [2.05, 4.69) is 0 Å². The Hall–Kier alpha value is -3.02. The maximum absolute atomic E-state index is 13.6. The Morgan fingerprint density at radius 2 is 1.51 bits per heavy atom. The molecule has 0 saturated heterocycles. The summed E-state index contributed by atoms with van der Waals surface area (Å²) in [5, 5.41) is 0.767. The molecule has 0 aliphatic carbocycles. The highest BCUT2D eigenvalue weighted by atomic mass is 35.5. The first-order valence-electron chi connectivity index (χ1n) is 11.8. The lowest BCUT2D eigenvalue weighted by molar-refractivity contribution is 0.0740. The van der Waals surface area contributed by atoms with E-state index in [4.69, 9.17) is 27.9 Å². The van der Waals surface area contributed by atoms with E-state index in [0.29, 0.717) is 46.6 Å². The van der Waals surface area contributed by atoms with Gasteiger partial charge in [0, 0.05) is 36.4 Å². The van der Waals surface area contributed by atoms with Gasteiger partial charge >= 0.3 is 0 Å². The molecule has 3 aromatic rings. The van der Waals surface area contributed by atoms with E-state index < -0.39 is 0 Å². The maximum atomic E-state index is 13.6. The number of fused-ring (bicyclic) bond motifs is 1. The first-order chi connectivity index (χ1) is 17.0. The van der Waals surface area contributed by atoms with Crippen molar-refractivity contribution in [2.75, 3.05) is 25.1 Å². The molecule has 0 bridgehead atoms. The molecule has 0 fully saturated rings. The van der Waals surface area contributed by atoms with Gasteiger partial charge in [-0.15, -0.1) is 0 Å². The summed E-state index contributed by atoms with van der Waals surface area (Å²) in [5.74, 6) is 0.446. The summed E-state index contributed by atoms with van der Waals surface area (Å²) >= 11 is 12.2. The van der Waals surface area contributed by atoms with Gasteiger partial charge in [0.25, 0.3) is 11.8 Å². The zero-order chi connectivity index (χ0) is 24.8. The number of benzene rings is 3. The molecule has 0 spiro atoms. The van der Waals surface area contributed by atoms with Crippen molar-refractivity contribution in [3.63, 3.8) is 0 Å². The Balaban J connectivity index is 1.69. The van der Waals surface area contributed by atoms with Gasteiger partial charge in [0.15, 0.2) is 0 Å². The number of hydrogen-bond acceptors (Lipinski definition) is 3. The zero-order valence-corrected chi connectivity index (χ0v) is 21.2. The normalized spacial score (nSPS) is 14.6. The van der Waals surface area contributed by atoms with E-state index in [-0.39, 0.29) is 11.8 Å². The van der Waals surface area contributed by atoms with Crippen molar-refractivity contribution >= 4 is 40.7 Å². The molecule has 0 atom stereocenters. The number of ether oxygens (including phenoxy) is 1. The van der Waals surface area contributed by atoms with Gasteiger partial charge in [-0.1, -0.05) is 60.3 Å². The van der Waals surface area contributed by atoms with E-state index in [1.165, 1.54) is 0 Å². The maximum Gasteiger partial charge on any atom is 0.258 e. The molecular formula is C28H28Cl2N2O3. The molecule has 1 heterocycles. The van der Waals surface area contributed by atoms with E-state index in [1.54, 1.807) is 37.4 Å². The Morgan fingerprint density at radius 3 is 2.29 bits per heavy atom. The Labute approximate surface area is 216 Å². The summed E-state index contributed by atoms with van der Waals surface area (Å²) in [6.45, 7) is 1.61. The monoisotopic (exact) mass is 510 g/mol. The van der Waals surface area contributed by atoms with Crippen LogP contribution in [0.5, 0.6) is 5.75 Å². The quantitative estimate of drug-likeness (QED) is 0.386. The molecule has 182 valence electrons. The summed E-state index contributed by atoms with van der Waals surface area (Å²) < 4.78 is 5.33. The van der Waals surface area contributed by atoms with Crippen LogP contribution in [0.1, 0.15) is 52.0 Å². The van der Waals surface area contributed by atoms with E-state index in [9.17, 15) is 9.59 Å². The van der Waals surface area contributed by atoms with Crippen LogP contribution in [0.4, 0.5) is 5.69 Å². The van der Waals surface area contributed by atoms with Crippen molar-refractivity contribution in [2.45, 2.75) is 32.2 Å². The predicted octanol–water partition coefficient (Wildman–Crippen LogP) is 6.87. The number of halogens is 2. The summed E-state index contributed by atoms with van der Waals surface area (Å²) in [6.07, 6.45) is 3.71. The van der Waals surface area contributed by atoms with Crippen LogP contribution < -0.4 is 9.64 Å². The highest BCUT2D eigenvalue weighted by Gasteiger charge is 2.24. The van der Waals surface area contributed by atoms with Crippen LogP contribution in [0.3, 0.4) is 0 Å². The molecule has 0 saturated carbocycles. The molecule has 0 N–H and O–H groups in total. The minimum Gasteiger partial charge on any atom is -0.497 e. The molecule has 3 aromatic carbocycles. The van der Waals surface area contributed by atoms with Crippen LogP contribution >= 0.6 is 23.2 Å². The van der Waals surface area contributed by atoms with Crippen LogP contribution in [-0.4, -0.2) is 36.9 Å². The number of carbonyl (C=O) groups excluding carboxylic acids is 2. The van der Waals surface area contributed by atoms with Crippen LogP contribution in [0, 0.1) is 0 Å². The van der Waals surface area contributed by atoms with Gasteiger partial charge in [-0.2, -0.15) is 0 Å². The average Bonchev–Trinajstić information content (AvgIpc) is 2.92. The number of rotatable bonds is 3. The molecule has 0 aromatic heterocycles. The zero-order valence-electron chi connectivity index (χ0n) is 19.7. The number of nitrogens with zero attached hydrogens (tertiary/aromatic N) is 2. The third kappa shape index (κ3) is 5.98. The molecule has 2 amide bonds. The van der Waals surface area contributed by atoms with Crippen molar-refractivity contribution < 1.29 is 14.3 Å². The number of methoxy groups -OCH3 is 1. The summed E-state index contributed by atoms with van der Waals surface area (Å²) in [6, 6.07) is 20.0. The van der Waals surface area contributed by atoms with E-state index >= 15 is 0 Å². The lowest BCUT2D eigenvalue weighted by atomic mass is 10.1. The van der Waals surface area contributed by atoms with Crippen molar-refractivity contribution in [2.24, 2.45) is 0 Å². The van der Waals surface area contributed by atoms with Gasteiger partial charge in [-0.3, -0.25) is 9.59 Å². The smallest absolute Gasteiger partial charge is 0.258 e. The molecular weight excluding hydrogens is 483 g/mol. The molecule has 7 heteroatoms. The van der Waals surface area contributed by atoms with Gasteiger partial charge in [0.1, 0.15) is 5.75 Å². The number of carbonyl (C=O) groups is 2. The predicted molar refractivity (Wildman–Crippen MR) is 141 cm³/mol. The lowest BCUT2D eigenvalue weighted by Gasteiger charge is -2.28. The van der Waals surface area contributed by atoms with Gasteiger partial charge in [-0.25, -0.2) is 0 Å². The van der Waals surface area contributed by atoms with Crippen LogP contribution in [0.15, 0.2) is 66.7 Å². The highest BCUT2D eigenvalue weighted by Crippen LogP contribution is 2.28. The molecule has 1 aliphatic heterocycles. The van der Waals surface area contributed by atoms with Crippen molar-refractivity contribution in [1.82, 2.24) is 4.90 Å². The second-order valence-electron chi connectivity index (χ2n) is 8.59. The number of para-hydroxylation sites is 1. The van der Waals surface area contributed by atoms with Crippen molar-refractivity contribution in [1.29, 1.82) is 0 Å². The third-order valence-corrected chi connectivity index (χ3v) is 6.96. The molecule has 35 heavy (non-hydrogen) atoms. The molecule has 0 unspecified atom stereocenters. The Kier molecular flexibility index (Phi) is 8.32. The molecule has 1 aliphatic rings. The molecule has 0 radical (unpaired) electrons. The summed E-state index contributed by atoms with van der Waals surface area (Å²) in [5.41, 5.74) is 2.79. The van der Waals surface area contributed by atoms with E-state index in [1.807, 2.05) is 46.2 Å². The highest BCUT2D eigenvalue weighted by molar-refractivity contribution is 6.42. The average molecular weight is 511 g/mol. The van der Waals surface area contributed by atoms with Crippen molar-refractivity contribution in [3.8, 4) is 5.75 Å². The fourth-order valence-corrected chi connectivity index (χ4v) is 4.65. The summed E-state index contributed by atoms with van der Waals surface area (Å²) in [7, 11) is 1.59. The van der Waals surface area contributed by atoms with Crippen LogP contribution in [0.25, 0.3) is 0 Å². The largest absolute Gasteiger partial charge is 0.497 e. The fourth-order valence-electron chi connectivity index (χ4n) is 4.35.